The third-order valence-electron chi connectivity index (χ3n) is 1.33. The summed E-state index contributed by atoms with van der Waals surface area (Å²) >= 11 is 0. The van der Waals surface area contributed by atoms with Crippen molar-refractivity contribution in [3.63, 3.8) is 0 Å². The van der Waals surface area contributed by atoms with Gasteiger partial charge in [0.05, 0.1) is 0 Å². The highest BCUT2D eigenvalue weighted by Gasteiger charge is 2.17. The fourth-order valence-corrected chi connectivity index (χ4v) is 0.657. The monoisotopic (exact) mass is 187 g/mol. The Morgan fingerprint density at radius 2 is 2.31 bits per heavy atom. The van der Waals surface area contributed by atoms with Crippen molar-refractivity contribution in [3.8, 4) is 0 Å². The van der Waals surface area contributed by atoms with Crippen LogP contribution in [0.2, 0.25) is 0 Å². The third kappa shape index (κ3) is 4.84. The number of hydrogen-bond donors (Lipinski definition) is 2. The van der Waals surface area contributed by atoms with E-state index in [4.69, 9.17) is 5.11 Å². The summed E-state index contributed by atoms with van der Waals surface area (Å²) in [6, 6.07) is -0.891. The van der Waals surface area contributed by atoms with E-state index < -0.39 is 18.1 Å². The Hall–Kier alpha value is -1.52. The van der Waals surface area contributed by atoms with Crippen LogP contribution in [0.15, 0.2) is 12.7 Å². The number of carbonyl (C=O) groups is 2. The lowest BCUT2D eigenvalue weighted by Gasteiger charge is -2.11. The van der Waals surface area contributed by atoms with Crippen LogP contribution in [-0.2, 0) is 9.53 Å². The molecule has 0 aromatic heterocycles. The molecule has 0 unspecified atom stereocenters. The van der Waals surface area contributed by atoms with Crippen molar-refractivity contribution in [2.75, 3.05) is 6.61 Å². The molecule has 5 nitrogen and oxygen atoms in total. The highest BCUT2D eigenvalue weighted by molar-refractivity contribution is 5.79. The van der Waals surface area contributed by atoms with Gasteiger partial charge in [-0.15, -0.1) is 0 Å². The molecule has 0 aromatic carbocycles. The predicted molar refractivity (Wildman–Crippen MR) is 46.4 cm³/mol. The summed E-state index contributed by atoms with van der Waals surface area (Å²) in [6.45, 7) is 5.08. The molecule has 0 aliphatic heterocycles. The second-order valence-electron chi connectivity index (χ2n) is 2.33. The number of hydrogen-bond acceptors (Lipinski definition) is 3. The minimum Gasteiger partial charge on any atom is -0.480 e. The van der Waals surface area contributed by atoms with Crippen molar-refractivity contribution in [1.29, 1.82) is 0 Å². The molecule has 1 amide bonds. The Morgan fingerprint density at radius 1 is 1.69 bits per heavy atom. The normalized spacial score (nSPS) is 11.5. The first-order valence-corrected chi connectivity index (χ1v) is 3.88. The van der Waals surface area contributed by atoms with Crippen molar-refractivity contribution < 1.29 is 19.4 Å². The van der Waals surface area contributed by atoms with Gasteiger partial charge in [-0.3, -0.25) is 0 Å². The number of alkyl carbamates (subject to hydrolysis) is 1. The largest absolute Gasteiger partial charge is 0.480 e. The van der Waals surface area contributed by atoms with Gasteiger partial charge >= 0.3 is 12.1 Å². The van der Waals surface area contributed by atoms with Gasteiger partial charge in [-0.05, 0) is 6.42 Å². The molecule has 0 spiro atoms. The predicted octanol–water partition coefficient (Wildman–Crippen LogP) is 0.762. The molecule has 13 heavy (non-hydrogen) atoms. The fourth-order valence-electron chi connectivity index (χ4n) is 0.657. The average molecular weight is 187 g/mol. The minimum absolute atomic E-state index is 0.0713. The summed E-state index contributed by atoms with van der Waals surface area (Å²) in [5.74, 6) is -1.07. The van der Waals surface area contributed by atoms with Crippen molar-refractivity contribution in [3.05, 3.63) is 12.7 Å². The van der Waals surface area contributed by atoms with Crippen molar-refractivity contribution in [2.45, 2.75) is 19.4 Å². The minimum atomic E-state index is -1.07. The first-order chi connectivity index (χ1) is 6.11. The lowest BCUT2D eigenvalue weighted by Crippen LogP contribution is -2.40. The number of amides is 1. The van der Waals surface area contributed by atoms with Crippen LogP contribution in [0.3, 0.4) is 0 Å². The molecular weight excluding hydrogens is 174 g/mol. The molecule has 1 atom stereocenters. The van der Waals surface area contributed by atoms with Gasteiger partial charge in [0.1, 0.15) is 12.6 Å². The van der Waals surface area contributed by atoms with Gasteiger partial charge in [0, 0.05) is 0 Å². The van der Waals surface area contributed by atoms with Crippen LogP contribution in [-0.4, -0.2) is 29.8 Å². The zero-order chi connectivity index (χ0) is 10.3. The summed E-state index contributed by atoms with van der Waals surface area (Å²) in [7, 11) is 0. The molecule has 0 saturated heterocycles. The number of carboxylic acid groups (broad SMARTS) is 1. The van der Waals surface area contributed by atoms with E-state index >= 15 is 0 Å². The maximum absolute atomic E-state index is 10.8. The Labute approximate surface area is 76.4 Å². The molecule has 0 aliphatic rings. The van der Waals surface area contributed by atoms with E-state index in [1.54, 1.807) is 6.92 Å². The summed E-state index contributed by atoms with van der Waals surface area (Å²) in [5, 5.41) is 10.7. The van der Waals surface area contributed by atoms with Crippen LogP contribution in [0.25, 0.3) is 0 Å². The Kier molecular flexibility index (Phi) is 5.34. The maximum atomic E-state index is 10.8. The van der Waals surface area contributed by atoms with Crippen LogP contribution in [0.5, 0.6) is 0 Å². The van der Waals surface area contributed by atoms with E-state index in [9.17, 15) is 9.59 Å². The number of nitrogens with one attached hydrogen (secondary N) is 1. The number of carbonyl (C=O) groups excluding carboxylic acids is 1. The maximum Gasteiger partial charge on any atom is 0.408 e. The fraction of sp³-hybridized carbons (Fsp3) is 0.500. The summed E-state index contributed by atoms with van der Waals surface area (Å²) in [4.78, 5) is 21.3. The highest BCUT2D eigenvalue weighted by Crippen LogP contribution is 1.91. The second-order valence-corrected chi connectivity index (χ2v) is 2.33. The van der Waals surface area contributed by atoms with E-state index in [1.165, 1.54) is 6.08 Å². The van der Waals surface area contributed by atoms with E-state index in [0.717, 1.165) is 0 Å². The number of rotatable bonds is 5. The molecule has 0 aromatic rings. The van der Waals surface area contributed by atoms with Gasteiger partial charge < -0.3 is 15.2 Å². The SMILES string of the molecule is C=CCOC(=O)N[C@H](CC)C(=O)O. The van der Waals surface area contributed by atoms with E-state index in [-0.39, 0.29) is 6.61 Å². The zero-order valence-corrected chi connectivity index (χ0v) is 7.45. The van der Waals surface area contributed by atoms with E-state index in [2.05, 4.69) is 16.6 Å². The lowest BCUT2D eigenvalue weighted by atomic mass is 10.2. The third-order valence-corrected chi connectivity index (χ3v) is 1.33. The molecule has 2 N–H and O–H groups in total. The van der Waals surface area contributed by atoms with Gasteiger partial charge in [-0.25, -0.2) is 9.59 Å². The van der Waals surface area contributed by atoms with Crippen LogP contribution in [0, 0.1) is 0 Å². The number of carboxylic acids is 1. The molecule has 0 aliphatic carbocycles. The first kappa shape index (κ1) is 11.5. The standard InChI is InChI=1S/C8H13NO4/c1-3-5-13-8(12)9-6(4-2)7(10)11/h3,6H,1,4-5H2,2H3,(H,9,12)(H,10,11)/t6-/m1/s1. The first-order valence-electron chi connectivity index (χ1n) is 3.88. The molecule has 0 fully saturated rings. The lowest BCUT2D eigenvalue weighted by molar-refractivity contribution is -0.139. The van der Waals surface area contributed by atoms with E-state index in [1.807, 2.05) is 0 Å². The molecule has 74 valence electrons. The number of ether oxygens (including phenoxy) is 1. The Bertz CT molecular complexity index is 202. The summed E-state index contributed by atoms with van der Waals surface area (Å²) < 4.78 is 4.54. The van der Waals surface area contributed by atoms with Gasteiger partial charge in [-0.1, -0.05) is 19.6 Å². The van der Waals surface area contributed by atoms with Gasteiger partial charge in [0.2, 0.25) is 0 Å². The van der Waals surface area contributed by atoms with Crippen LogP contribution < -0.4 is 5.32 Å². The molecule has 5 heteroatoms. The molecule has 0 heterocycles. The van der Waals surface area contributed by atoms with E-state index in [0.29, 0.717) is 6.42 Å². The molecule has 0 rings (SSSR count). The van der Waals surface area contributed by atoms with Crippen molar-refractivity contribution >= 4 is 12.1 Å². The van der Waals surface area contributed by atoms with Crippen LogP contribution in [0.4, 0.5) is 4.79 Å². The molecule has 0 saturated carbocycles. The zero-order valence-electron chi connectivity index (χ0n) is 7.45. The van der Waals surface area contributed by atoms with Gasteiger partial charge in [-0.2, -0.15) is 0 Å². The molecular formula is C8H13NO4. The average Bonchev–Trinajstić information content (AvgIpc) is 2.10. The van der Waals surface area contributed by atoms with Gasteiger partial charge in [0.25, 0.3) is 0 Å². The van der Waals surface area contributed by atoms with Crippen LogP contribution >= 0.6 is 0 Å². The van der Waals surface area contributed by atoms with Crippen LogP contribution in [0.1, 0.15) is 13.3 Å². The van der Waals surface area contributed by atoms with Crippen molar-refractivity contribution in [1.82, 2.24) is 5.32 Å². The smallest absolute Gasteiger partial charge is 0.408 e. The van der Waals surface area contributed by atoms with Crippen molar-refractivity contribution in [2.24, 2.45) is 0 Å². The molecule has 0 radical (unpaired) electrons. The quantitative estimate of drug-likeness (QED) is 0.623. The highest BCUT2D eigenvalue weighted by atomic mass is 16.5. The topological polar surface area (TPSA) is 75.6 Å². The summed E-state index contributed by atoms with van der Waals surface area (Å²) in [6.07, 6.45) is 0.981. The second kappa shape index (κ2) is 6.05. The van der Waals surface area contributed by atoms with Gasteiger partial charge in [0.15, 0.2) is 0 Å². The Balaban J connectivity index is 3.86. The number of aliphatic carboxylic acids is 1. The summed E-state index contributed by atoms with van der Waals surface area (Å²) in [5.41, 5.74) is 0. The Morgan fingerprint density at radius 3 is 2.69 bits per heavy atom. The molecule has 0 bridgehead atoms.